The highest BCUT2D eigenvalue weighted by Gasteiger charge is 2.44. The van der Waals surface area contributed by atoms with Crippen LogP contribution in [0.15, 0.2) is 18.2 Å². The number of hydrogen-bond acceptors (Lipinski definition) is 5. The van der Waals surface area contributed by atoms with E-state index in [0.717, 1.165) is 38.2 Å². The van der Waals surface area contributed by atoms with Crippen molar-refractivity contribution in [3.05, 3.63) is 24.0 Å². The number of ether oxygens (including phenoxy) is 1. The zero-order valence-corrected chi connectivity index (χ0v) is 24.3. The molecule has 0 unspecified atom stereocenters. The Morgan fingerprint density at radius 3 is 2.42 bits per heavy atom. The zero-order chi connectivity index (χ0) is 27.7. The SMILES string of the molecule is CCCC1(C(=O)N(C)c2ccc(N3CC[C@H](N4CCC[C@@H]4C)C3)cc2F)CCN(C(=O)OC(C)(C)C)CC1. The molecule has 38 heavy (non-hydrogen) atoms. The van der Waals surface area contributed by atoms with Gasteiger partial charge in [0.2, 0.25) is 5.91 Å². The van der Waals surface area contributed by atoms with Crippen LogP contribution in [-0.4, -0.2) is 79.3 Å². The molecule has 8 heteroatoms. The summed E-state index contributed by atoms with van der Waals surface area (Å²) in [6.07, 6.45) is 5.94. The number of anilines is 2. The summed E-state index contributed by atoms with van der Waals surface area (Å²) in [5.74, 6) is -0.437. The number of carbonyl (C=O) groups is 2. The topological polar surface area (TPSA) is 56.3 Å². The van der Waals surface area contributed by atoms with E-state index in [9.17, 15) is 9.59 Å². The number of rotatable bonds is 6. The lowest BCUT2D eigenvalue weighted by molar-refractivity contribution is -0.131. The van der Waals surface area contributed by atoms with Crippen LogP contribution in [0, 0.1) is 11.2 Å². The van der Waals surface area contributed by atoms with E-state index in [1.807, 2.05) is 26.8 Å². The van der Waals surface area contributed by atoms with Crippen molar-refractivity contribution in [1.29, 1.82) is 0 Å². The van der Waals surface area contributed by atoms with E-state index in [-0.39, 0.29) is 17.8 Å². The van der Waals surface area contributed by atoms with Crippen LogP contribution in [0.1, 0.15) is 79.6 Å². The molecule has 4 rings (SSSR count). The van der Waals surface area contributed by atoms with Gasteiger partial charge in [-0.15, -0.1) is 0 Å². The number of carbonyl (C=O) groups excluding carboxylic acids is 2. The molecule has 3 heterocycles. The first-order chi connectivity index (χ1) is 17.9. The molecule has 0 N–H and O–H groups in total. The van der Waals surface area contributed by atoms with Crippen molar-refractivity contribution in [3.8, 4) is 0 Å². The van der Waals surface area contributed by atoms with E-state index in [0.29, 0.717) is 50.1 Å². The fourth-order valence-electron chi connectivity index (χ4n) is 6.67. The molecule has 1 aromatic rings. The minimum absolute atomic E-state index is 0.0703. The van der Waals surface area contributed by atoms with Crippen LogP contribution in [-0.2, 0) is 9.53 Å². The fraction of sp³-hybridized carbons (Fsp3) is 0.733. The normalized spacial score (nSPS) is 24.1. The maximum Gasteiger partial charge on any atom is 0.410 e. The predicted molar refractivity (Wildman–Crippen MR) is 150 cm³/mol. The monoisotopic (exact) mass is 530 g/mol. The molecule has 0 aromatic heterocycles. The maximum atomic E-state index is 15.5. The summed E-state index contributed by atoms with van der Waals surface area (Å²) in [5, 5.41) is 0. The van der Waals surface area contributed by atoms with Crippen molar-refractivity contribution in [2.75, 3.05) is 49.6 Å². The first-order valence-electron chi connectivity index (χ1n) is 14.5. The third-order valence-electron chi connectivity index (χ3n) is 8.75. The van der Waals surface area contributed by atoms with Crippen molar-refractivity contribution < 1.29 is 18.7 Å². The van der Waals surface area contributed by atoms with E-state index in [2.05, 4.69) is 23.6 Å². The highest BCUT2D eigenvalue weighted by Crippen LogP contribution is 2.40. The van der Waals surface area contributed by atoms with Crippen molar-refractivity contribution in [2.45, 2.75) is 97.2 Å². The number of benzene rings is 1. The molecule has 0 spiro atoms. The highest BCUT2D eigenvalue weighted by atomic mass is 19.1. The Morgan fingerprint density at radius 1 is 1.13 bits per heavy atom. The zero-order valence-electron chi connectivity index (χ0n) is 24.3. The average molecular weight is 531 g/mol. The summed E-state index contributed by atoms with van der Waals surface area (Å²) in [7, 11) is 1.68. The summed E-state index contributed by atoms with van der Waals surface area (Å²) >= 11 is 0. The van der Waals surface area contributed by atoms with Gasteiger partial charge in [0.25, 0.3) is 0 Å². The van der Waals surface area contributed by atoms with Crippen molar-refractivity contribution in [3.63, 3.8) is 0 Å². The number of nitrogens with zero attached hydrogens (tertiary/aromatic N) is 4. The standard InChI is InChI=1S/C30H47FN4O3/c1-7-13-30(14-18-33(19-15-30)28(37)38-29(3,4)5)27(36)32(6)26-11-10-23(20-25(26)31)34-17-12-24(21-34)35-16-8-9-22(35)2/h10-11,20,22,24H,7-9,12-19,21H2,1-6H3/t22-,24-/m0/s1. The largest absolute Gasteiger partial charge is 0.444 e. The summed E-state index contributed by atoms with van der Waals surface area (Å²) in [5.41, 5.74) is 0.0297. The van der Waals surface area contributed by atoms with E-state index in [1.165, 1.54) is 17.7 Å². The maximum absolute atomic E-state index is 15.5. The van der Waals surface area contributed by atoms with Gasteiger partial charge in [0.15, 0.2) is 0 Å². The van der Waals surface area contributed by atoms with Crippen molar-refractivity contribution >= 4 is 23.4 Å². The number of likely N-dealkylation sites (tertiary alicyclic amines) is 2. The average Bonchev–Trinajstić information content (AvgIpc) is 3.51. The molecular weight excluding hydrogens is 483 g/mol. The van der Waals surface area contributed by atoms with Gasteiger partial charge >= 0.3 is 6.09 Å². The predicted octanol–water partition coefficient (Wildman–Crippen LogP) is 5.67. The Labute approximate surface area is 228 Å². The van der Waals surface area contributed by atoms with Crippen LogP contribution in [0.25, 0.3) is 0 Å². The molecule has 3 aliphatic heterocycles. The molecule has 7 nitrogen and oxygen atoms in total. The quantitative estimate of drug-likeness (QED) is 0.474. The lowest BCUT2D eigenvalue weighted by Gasteiger charge is -2.42. The minimum Gasteiger partial charge on any atom is -0.444 e. The number of halogens is 1. The Kier molecular flexibility index (Phi) is 8.60. The first-order valence-corrected chi connectivity index (χ1v) is 14.5. The van der Waals surface area contributed by atoms with Crippen LogP contribution in [0.4, 0.5) is 20.6 Å². The molecule has 0 bridgehead atoms. The molecular formula is C30H47FN4O3. The third kappa shape index (κ3) is 6.11. The van der Waals surface area contributed by atoms with Crippen LogP contribution < -0.4 is 9.80 Å². The molecule has 2 amide bonds. The van der Waals surface area contributed by atoms with E-state index >= 15 is 4.39 Å². The van der Waals surface area contributed by atoms with Crippen LogP contribution in [0.5, 0.6) is 0 Å². The Balaban J connectivity index is 1.42. The van der Waals surface area contributed by atoms with Gasteiger partial charge in [0, 0.05) is 51.0 Å². The molecule has 0 saturated carbocycles. The minimum atomic E-state index is -0.609. The summed E-state index contributed by atoms with van der Waals surface area (Å²) in [6, 6.07) is 6.46. The van der Waals surface area contributed by atoms with Gasteiger partial charge in [-0.05, 0) is 91.0 Å². The van der Waals surface area contributed by atoms with Gasteiger partial charge < -0.3 is 19.4 Å². The molecule has 3 aliphatic rings. The van der Waals surface area contributed by atoms with Crippen molar-refractivity contribution in [2.24, 2.45) is 5.41 Å². The number of piperidine rings is 1. The highest BCUT2D eigenvalue weighted by molar-refractivity contribution is 5.97. The van der Waals surface area contributed by atoms with Crippen LogP contribution in [0.3, 0.4) is 0 Å². The van der Waals surface area contributed by atoms with E-state index in [1.54, 1.807) is 24.1 Å². The summed E-state index contributed by atoms with van der Waals surface area (Å²) in [6.45, 7) is 13.9. The lowest BCUT2D eigenvalue weighted by atomic mass is 9.73. The van der Waals surface area contributed by atoms with Gasteiger partial charge in [-0.25, -0.2) is 9.18 Å². The smallest absolute Gasteiger partial charge is 0.410 e. The van der Waals surface area contributed by atoms with Crippen LogP contribution in [0.2, 0.25) is 0 Å². The number of amides is 2. The Hall–Kier alpha value is -2.35. The Morgan fingerprint density at radius 2 is 1.84 bits per heavy atom. The molecule has 0 radical (unpaired) electrons. The van der Waals surface area contributed by atoms with Gasteiger partial charge in [-0.3, -0.25) is 9.69 Å². The molecule has 1 aromatic carbocycles. The third-order valence-corrected chi connectivity index (χ3v) is 8.75. The molecule has 3 fully saturated rings. The van der Waals surface area contributed by atoms with Gasteiger partial charge in [0.1, 0.15) is 11.4 Å². The first kappa shape index (κ1) is 28.7. The summed E-state index contributed by atoms with van der Waals surface area (Å²) in [4.78, 5) is 34.5. The fourth-order valence-corrected chi connectivity index (χ4v) is 6.67. The Bertz CT molecular complexity index is 1000. The molecule has 0 aliphatic carbocycles. The second kappa shape index (κ2) is 11.4. The van der Waals surface area contributed by atoms with Gasteiger partial charge in [-0.1, -0.05) is 13.3 Å². The summed E-state index contributed by atoms with van der Waals surface area (Å²) < 4.78 is 21.0. The van der Waals surface area contributed by atoms with Crippen LogP contribution >= 0.6 is 0 Å². The van der Waals surface area contributed by atoms with E-state index in [4.69, 9.17) is 4.74 Å². The molecule has 3 saturated heterocycles. The second-order valence-corrected chi connectivity index (χ2v) is 12.6. The van der Waals surface area contributed by atoms with Crippen molar-refractivity contribution in [1.82, 2.24) is 9.80 Å². The molecule has 212 valence electrons. The number of hydrogen-bond donors (Lipinski definition) is 0. The van der Waals surface area contributed by atoms with Gasteiger partial charge in [-0.2, -0.15) is 0 Å². The molecule has 2 atom stereocenters. The second-order valence-electron chi connectivity index (χ2n) is 12.6. The van der Waals surface area contributed by atoms with E-state index < -0.39 is 11.0 Å². The van der Waals surface area contributed by atoms with Gasteiger partial charge in [0.05, 0.1) is 11.1 Å². The lowest BCUT2D eigenvalue weighted by Crippen LogP contribution is -2.51.